The van der Waals surface area contributed by atoms with Crippen LogP contribution in [0.25, 0.3) is 0 Å². The molecule has 0 rings (SSSR count). The number of aliphatic carboxylic acids is 1. The molecule has 0 radical (unpaired) electrons. The first-order valence-corrected chi connectivity index (χ1v) is 5.01. The molecule has 0 spiro atoms. The van der Waals surface area contributed by atoms with E-state index in [1.165, 1.54) is 4.90 Å². The van der Waals surface area contributed by atoms with Crippen LogP contribution in [0.2, 0.25) is 0 Å². The van der Waals surface area contributed by atoms with Gasteiger partial charge in [0, 0.05) is 6.54 Å². The van der Waals surface area contributed by atoms with Crippen molar-refractivity contribution in [1.82, 2.24) is 4.90 Å². The summed E-state index contributed by atoms with van der Waals surface area (Å²) >= 11 is 0. The van der Waals surface area contributed by atoms with Gasteiger partial charge in [-0.1, -0.05) is 0 Å². The smallest absolute Gasteiger partial charge is 0.320 e. The van der Waals surface area contributed by atoms with Crippen molar-refractivity contribution in [1.29, 1.82) is 0 Å². The van der Waals surface area contributed by atoms with Crippen molar-refractivity contribution in [2.75, 3.05) is 26.2 Å². The van der Waals surface area contributed by atoms with Gasteiger partial charge in [-0.3, -0.25) is 14.5 Å². The molecule has 0 aliphatic carbocycles. The summed E-state index contributed by atoms with van der Waals surface area (Å²) in [4.78, 5) is 23.2. The normalized spacial score (nSPS) is 11.6. The van der Waals surface area contributed by atoms with Crippen molar-refractivity contribution in [3.8, 4) is 0 Å². The lowest BCUT2D eigenvalue weighted by molar-refractivity contribution is -0.156. The second-order valence-corrected chi connectivity index (χ2v) is 4.41. The third kappa shape index (κ3) is 8.19. The maximum atomic E-state index is 11.4. The molecule has 0 heterocycles. The number of rotatable bonds is 6. The van der Waals surface area contributed by atoms with Gasteiger partial charge in [-0.25, -0.2) is 0 Å². The van der Waals surface area contributed by atoms with Crippen molar-refractivity contribution in [2.24, 2.45) is 0 Å². The Kier molecular flexibility index (Phi) is 5.98. The fourth-order valence-corrected chi connectivity index (χ4v) is 1.10. The quantitative estimate of drug-likeness (QED) is 0.613. The molecule has 0 saturated carbocycles. The van der Waals surface area contributed by atoms with E-state index in [0.29, 0.717) is 0 Å². The summed E-state index contributed by atoms with van der Waals surface area (Å²) in [5.41, 5.74) is -0.592. The number of aliphatic hydroxyl groups is 1. The molecule has 2 N–H and O–H groups in total. The van der Waals surface area contributed by atoms with E-state index in [9.17, 15) is 9.59 Å². The Morgan fingerprint density at radius 1 is 1.25 bits per heavy atom. The van der Waals surface area contributed by atoms with Gasteiger partial charge in [0.05, 0.1) is 19.7 Å². The minimum absolute atomic E-state index is 0.130. The number of hydrogen-bond acceptors (Lipinski definition) is 5. The molecule has 6 heteroatoms. The van der Waals surface area contributed by atoms with Gasteiger partial charge in [0.1, 0.15) is 5.60 Å². The SMILES string of the molecule is CC(C)(C)OC(=O)CN(CCO)CC(=O)O. The molecular weight excluding hydrogens is 214 g/mol. The third-order valence-electron chi connectivity index (χ3n) is 1.55. The molecule has 0 aromatic carbocycles. The van der Waals surface area contributed by atoms with Gasteiger partial charge in [0.2, 0.25) is 0 Å². The summed E-state index contributed by atoms with van der Waals surface area (Å²) in [5, 5.41) is 17.3. The number of carbonyl (C=O) groups is 2. The summed E-state index contributed by atoms with van der Waals surface area (Å²) in [6.07, 6.45) is 0. The number of carboxylic acid groups (broad SMARTS) is 1. The van der Waals surface area contributed by atoms with Crippen molar-refractivity contribution in [2.45, 2.75) is 26.4 Å². The molecule has 0 amide bonds. The highest BCUT2D eigenvalue weighted by Gasteiger charge is 2.19. The second-order valence-electron chi connectivity index (χ2n) is 4.41. The highest BCUT2D eigenvalue weighted by Crippen LogP contribution is 2.07. The van der Waals surface area contributed by atoms with Gasteiger partial charge >= 0.3 is 11.9 Å². The Hall–Kier alpha value is -1.14. The van der Waals surface area contributed by atoms with Gasteiger partial charge in [0.25, 0.3) is 0 Å². The third-order valence-corrected chi connectivity index (χ3v) is 1.55. The molecule has 0 aromatic rings. The standard InChI is InChI=1S/C10H19NO5/c1-10(2,3)16-9(15)7-11(4-5-12)6-8(13)14/h12H,4-7H2,1-3H3,(H,13,14). The maximum Gasteiger partial charge on any atom is 0.320 e. The number of hydrogen-bond donors (Lipinski definition) is 2. The molecule has 0 aromatic heterocycles. The van der Waals surface area contributed by atoms with Crippen molar-refractivity contribution in [3.63, 3.8) is 0 Å². The lowest BCUT2D eigenvalue weighted by Gasteiger charge is -2.23. The second kappa shape index (κ2) is 6.44. The Morgan fingerprint density at radius 3 is 2.19 bits per heavy atom. The van der Waals surface area contributed by atoms with Crippen LogP contribution < -0.4 is 0 Å². The van der Waals surface area contributed by atoms with Crippen LogP contribution in [0, 0.1) is 0 Å². The number of carboxylic acids is 1. The van der Waals surface area contributed by atoms with E-state index >= 15 is 0 Å². The van der Waals surface area contributed by atoms with Crippen LogP contribution in [0.5, 0.6) is 0 Å². The maximum absolute atomic E-state index is 11.4. The zero-order chi connectivity index (χ0) is 12.8. The largest absolute Gasteiger partial charge is 0.480 e. The van der Waals surface area contributed by atoms with Crippen molar-refractivity contribution >= 4 is 11.9 Å². The Labute approximate surface area is 94.8 Å². The Bertz CT molecular complexity index is 246. The van der Waals surface area contributed by atoms with Gasteiger partial charge < -0.3 is 14.9 Å². The number of carbonyl (C=O) groups excluding carboxylic acids is 1. The summed E-state index contributed by atoms with van der Waals surface area (Å²) in [6.45, 7) is 4.71. The first-order valence-electron chi connectivity index (χ1n) is 5.01. The lowest BCUT2D eigenvalue weighted by atomic mass is 10.2. The van der Waals surface area contributed by atoms with E-state index in [0.717, 1.165) is 0 Å². The predicted octanol–water partition coefficient (Wildman–Crippen LogP) is -0.293. The van der Waals surface area contributed by atoms with Crippen LogP contribution in [-0.4, -0.2) is 58.9 Å². The first-order chi connectivity index (χ1) is 7.24. The lowest BCUT2D eigenvalue weighted by Crippen LogP contribution is -2.39. The van der Waals surface area contributed by atoms with Crippen LogP contribution in [0.3, 0.4) is 0 Å². The Balaban J connectivity index is 4.17. The van der Waals surface area contributed by atoms with E-state index in [2.05, 4.69) is 0 Å². The highest BCUT2D eigenvalue weighted by molar-refractivity contribution is 5.74. The van der Waals surface area contributed by atoms with Crippen LogP contribution in [0.15, 0.2) is 0 Å². The number of aliphatic hydroxyl groups excluding tert-OH is 1. The van der Waals surface area contributed by atoms with E-state index < -0.39 is 17.5 Å². The van der Waals surface area contributed by atoms with Crippen LogP contribution >= 0.6 is 0 Å². The average molecular weight is 233 g/mol. The topological polar surface area (TPSA) is 87.1 Å². The summed E-state index contributed by atoms with van der Waals surface area (Å²) in [5.74, 6) is -1.54. The van der Waals surface area contributed by atoms with Gasteiger partial charge in [0.15, 0.2) is 0 Å². The molecular formula is C10H19NO5. The first kappa shape index (κ1) is 14.9. The fraction of sp³-hybridized carbons (Fsp3) is 0.800. The summed E-state index contributed by atoms with van der Waals surface area (Å²) in [7, 11) is 0. The van der Waals surface area contributed by atoms with E-state index in [-0.39, 0.29) is 26.2 Å². The van der Waals surface area contributed by atoms with E-state index in [4.69, 9.17) is 14.9 Å². The molecule has 16 heavy (non-hydrogen) atoms. The molecule has 0 bridgehead atoms. The van der Waals surface area contributed by atoms with Gasteiger partial charge in [-0.05, 0) is 20.8 Å². The predicted molar refractivity (Wildman–Crippen MR) is 57.0 cm³/mol. The fourth-order valence-electron chi connectivity index (χ4n) is 1.10. The van der Waals surface area contributed by atoms with Crippen molar-refractivity contribution < 1.29 is 24.5 Å². The van der Waals surface area contributed by atoms with Gasteiger partial charge in [-0.15, -0.1) is 0 Å². The zero-order valence-electron chi connectivity index (χ0n) is 9.89. The minimum Gasteiger partial charge on any atom is -0.480 e. The zero-order valence-corrected chi connectivity index (χ0v) is 9.89. The number of esters is 1. The van der Waals surface area contributed by atoms with Gasteiger partial charge in [-0.2, -0.15) is 0 Å². The summed E-state index contributed by atoms with van der Waals surface area (Å²) in [6, 6.07) is 0. The van der Waals surface area contributed by atoms with E-state index in [1.807, 2.05) is 0 Å². The van der Waals surface area contributed by atoms with Crippen molar-refractivity contribution in [3.05, 3.63) is 0 Å². The van der Waals surface area contributed by atoms with E-state index in [1.54, 1.807) is 20.8 Å². The monoisotopic (exact) mass is 233 g/mol. The molecule has 0 aliphatic heterocycles. The van der Waals surface area contributed by atoms with Crippen LogP contribution in [0.1, 0.15) is 20.8 Å². The minimum atomic E-state index is -1.04. The highest BCUT2D eigenvalue weighted by atomic mass is 16.6. The molecule has 6 nitrogen and oxygen atoms in total. The number of ether oxygens (including phenoxy) is 1. The average Bonchev–Trinajstić information content (AvgIpc) is 1.98. The molecule has 0 fully saturated rings. The molecule has 0 unspecified atom stereocenters. The summed E-state index contributed by atoms with van der Waals surface area (Å²) < 4.78 is 5.04. The number of nitrogens with zero attached hydrogens (tertiary/aromatic N) is 1. The molecule has 0 aliphatic rings. The molecule has 94 valence electrons. The molecule has 0 saturated heterocycles. The van der Waals surface area contributed by atoms with Crippen LogP contribution in [-0.2, 0) is 14.3 Å². The van der Waals surface area contributed by atoms with Crippen LogP contribution in [0.4, 0.5) is 0 Å². The molecule has 0 atom stereocenters. The Morgan fingerprint density at radius 2 is 1.81 bits per heavy atom.